The van der Waals surface area contributed by atoms with Gasteiger partial charge in [0.15, 0.2) is 0 Å². The van der Waals surface area contributed by atoms with Gasteiger partial charge in [0.1, 0.15) is 17.7 Å². The molecule has 24 heavy (non-hydrogen) atoms. The molecule has 3 aromatic rings. The van der Waals surface area contributed by atoms with Crippen LogP contribution in [-0.2, 0) is 7.05 Å². The van der Waals surface area contributed by atoms with Crippen LogP contribution >= 0.6 is 11.6 Å². The summed E-state index contributed by atoms with van der Waals surface area (Å²) >= 11 is 5.94. The Bertz CT molecular complexity index is 878. The van der Waals surface area contributed by atoms with Crippen molar-refractivity contribution in [3.63, 3.8) is 0 Å². The van der Waals surface area contributed by atoms with Crippen molar-refractivity contribution in [2.45, 2.75) is 6.04 Å². The van der Waals surface area contributed by atoms with Gasteiger partial charge in [-0.2, -0.15) is 0 Å². The average Bonchev–Trinajstić information content (AvgIpc) is 2.98. The van der Waals surface area contributed by atoms with Crippen LogP contribution in [0, 0.1) is 5.82 Å². The van der Waals surface area contributed by atoms with Gasteiger partial charge in [0.2, 0.25) is 0 Å². The molecule has 0 aliphatic rings. The highest BCUT2D eigenvalue weighted by atomic mass is 35.5. The molecule has 4 nitrogen and oxygen atoms in total. The number of halogens is 2. The Labute approximate surface area is 143 Å². The maximum atomic E-state index is 13.6. The minimum absolute atomic E-state index is 0.310. The summed E-state index contributed by atoms with van der Waals surface area (Å²) < 4.78 is 15.4. The van der Waals surface area contributed by atoms with Crippen molar-refractivity contribution >= 4 is 17.5 Å². The molecule has 6 heteroatoms. The zero-order valence-electron chi connectivity index (χ0n) is 12.9. The molecule has 122 valence electrons. The third kappa shape index (κ3) is 3.46. The first kappa shape index (κ1) is 16.2. The first-order valence-corrected chi connectivity index (χ1v) is 7.71. The predicted molar refractivity (Wildman–Crippen MR) is 90.4 cm³/mol. The topological polar surface area (TPSA) is 46.9 Å². The Morgan fingerprint density at radius 2 is 2.04 bits per heavy atom. The number of nitrogens with one attached hydrogen (secondary N) is 1. The van der Waals surface area contributed by atoms with E-state index >= 15 is 0 Å². The van der Waals surface area contributed by atoms with Gasteiger partial charge < -0.3 is 9.88 Å². The lowest BCUT2D eigenvalue weighted by Gasteiger charge is -2.19. The molecular formula is C18H15ClFN3O. The van der Waals surface area contributed by atoms with E-state index < -0.39 is 6.04 Å². The van der Waals surface area contributed by atoms with Crippen LogP contribution in [0.5, 0.6) is 0 Å². The van der Waals surface area contributed by atoms with Crippen LogP contribution in [0.2, 0.25) is 5.02 Å². The van der Waals surface area contributed by atoms with Crippen LogP contribution in [0.4, 0.5) is 4.39 Å². The lowest BCUT2D eigenvalue weighted by molar-refractivity contribution is 0.0941. The fourth-order valence-corrected chi connectivity index (χ4v) is 2.67. The summed E-state index contributed by atoms with van der Waals surface area (Å²) in [4.78, 5) is 16.9. The number of nitrogens with zero attached hydrogens (tertiary/aromatic N) is 2. The number of amides is 1. The molecule has 0 saturated heterocycles. The second kappa shape index (κ2) is 6.84. The van der Waals surface area contributed by atoms with E-state index in [2.05, 4.69) is 10.3 Å². The Kier molecular flexibility index (Phi) is 4.62. The Morgan fingerprint density at radius 1 is 1.25 bits per heavy atom. The average molecular weight is 344 g/mol. The van der Waals surface area contributed by atoms with E-state index in [0.717, 1.165) is 0 Å². The quantitative estimate of drug-likeness (QED) is 0.784. The molecule has 0 aliphatic carbocycles. The Balaban J connectivity index is 1.96. The number of benzene rings is 2. The molecular weight excluding hydrogens is 329 g/mol. The van der Waals surface area contributed by atoms with Gasteiger partial charge in [0, 0.05) is 30.0 Å². The van der Waals surface area contributed by atoms with Gasteiger partial charge in [0.25, 0.3) is 5.91 Å². The van der Waals surface area contributed by atoms with Crippen molar-refractivity contribution in [3.05, 3.63) is 88.7 Å². The predicted octanol–water partition coefficient (Wildman–Crippen LogP) is 3.73. The molecule has 0 aliphatic heterocycles. The van der Waals surface area contributed by atoms with Gasteiger partial charge in [-0.25, -0.2) is 9.37 Å². The van der Waals surface area contributed by atoms with Crippen molar-refractivity contribution < 1.29 is 9.18 Å². The van der Waals surface area contributed by atoms with Gasteiger partial charge >= 0.3 is 0 Å². The number of hydrogen-bond acceptors (Lipinski definition) is 2. The molecule has 0 fully saturated rings. The van der Waals surface area contributed by atoms with Crippen molar-refractivity contribution in [2.24, 2.45) is 7.05 Å². The number of aromatic nitrogens is 2. The SMILES string of the molecule is Cn1ccnc1[C@H](NC(=O)c1cccc(Cl)c1)c1cccc(F)c1. The molecule has 1 atom stereocenters. The van der Waals surface area contributed by atoms with Crippen molar-refractivity contribution in [2.75, 3.05) is 0 Å². The second-order valence-electron chi connectivity index (χ2n) is 5.37. The molecule has 0 radical (unpaired) electrons. The number of hydrogen-bond donors (Lipinski definition) is 1. The first-order valence-electron chi connectivity index (χ1n) is 7.34. The van der Waals surface area contributed by atoms with Gasteiger partial charge in [-0.1, -0.05) is 29.8 Å². The zero-order valence-corrected chi connectivity index (χ0v) is 13.7. The number of carbonyl (C=O) groups is 1. The van der Waals surface area contributed by atoms with Crippen molar-refractivity contribution in [1.82, 2.24) is 14.9 Å². The highest BCUT2D eigenvalue weighted by molar-refractivity contribution is 6.30. The van der Waals surface area contributed by atoms with Crippen molar-refractivity contribution in [1.29, 1.82) is 0 Å². The molecule has 1 amide bonds. The van der Waals surface area contributed by atoms with Crippen LogP contribution in [0.15, 0.2) is 60.9 Å². The van der Waals surface area contributed by atoms with E-state index in [1.54, 1.807) is 53.4 Å². The smallest absolute Gasteiger partial charge is 0.252 e. The molecule has 1 heterocycles. The lowest BCUT2D eigenvalue weighted by atomic mass is 10.0. The summed E-state index contributed by atoms with van der Waals surface area (Å²) in [6.07, 6.45) is 3.40. The Hall–Kier alpha value is -2.66. The second-order valence-corrected chi connectivity index (χ2v) is 5.80. The number of aryl methyl sites for hydroxylation is 1. The molecule has 1 N–H and O–H groups in total. The van der Waals surface area contributed by atoms with E-state index in [4.69, 9.17) is 11.6 Å². The third-order valence-corrected chi connectivity index (χ3v) is 3.90. The lowest BCUT2D eigenvalue weighted by Crippen LogP contribution is -2.31. The third-order valence-electron chi connectivity index (χ3n) is 3.66. The first-order chi connectivity index (χ1) is 11.5. The summed E-state index contributed by atoms with van der Waals surface area (Å²) in [5, 5.41) is 3.37. The molecule has 0 bridgehead atoms. The summed E-state index contributed by atoms with van der Waals surface area (Å²) in [7, 11) is 1.82. The highest BCUT2D eigenvalue weighted by Gasteiger charge is 2.22. The summed E-state index contributed by atoms with van der Waals surface area (Å²) in [5.74, 6) is -0.0746. The van der Waals surface area contributed by atoms with Gasteiger partial charge in [0.05, 0.1) is 0 Å². The number of imidazole rings is 1. The molecule has 1 aromatic heterocycles. The normalized spacial score (nSPS) is 12.0. The molecule has 2 aromatic carbocycles. The van der Waals surface area contributed by atoms with E-state index in [0.29, 0.717) is 22.0 Å². The minimum Gasteiger partial charge on any atom is -0.338 e. The van der Waals surface area contributed by atoms with E-state index in [9.17, 15) is 9.18 Å². The van der Waals surface area contributed by atoms with E-state index in [1.165, 1.54) is 12.1 Å². The molecule has 0 unspecified atom stereocenters. The van der Waals surface area contributed by atoms with Crippen LogP contribution in [0.25, 0.3) is 0 Å². The van der Waals surface area contributed by atoms with E-state index in [-0.39, 0.29) is 11.7 Å². The maximum Gasteiger partial charge on any atom is 0.252 e. The van der Waals surface area contributed by atoms with E-state index in [1.807, 2.05) is 7.05 Å². The Morgan fingerprint density at radius 3 is 2.71 bits per heavy atom. The van der Waals surface area contributed by atoms with Gasteiger partial charge in [-0.3, -0.25) is 4.79 Å². The van der Waals surface area contributed by atoms with Crippen LogP contribution in [-0.4, -0.2) is 15.5 Å². The fourth-order valence-electron chi connectivity index (χ4n) is 2.48. The molecule has 0 saturated carbocycles. The van der Waals surface area contributed by atoms with Gasteiger partial charge in [-0.05, 0) is 35.9 Å². The highest BCUT2D eigenvalue weighted by Crippen LogP contribution is 2.22. The number of carbonyl (C=O) groups excluding carboxylic acids is 1. The maximum absolute atomic E-state index is 13.6. The van der Waals surface area contributed by atoms with Gasteiger partial charge in [-0.15, -0.1) is 0 Å². The summed E-state index contributed by atoms with van der Waals surface area (Å²) in [6.45, 7) is 0. The van der Waals surface area contributed by atoms with Crippen LogP contribution in [0.3, 0.4) is 0 Å². The standard InChI is InChI=1S/C18H15ClFN3O/c1-23-9-8-21-17(23)16(12-4-3-7-15(20)11-12)22-18(24)13-5-2-6-14(19)10-13/h2-11,16H,1H3,(H,22,24)/t16-/m1/s1. The summed E-state index contributed by atoms with van der Waals surface area (Å²) in [5.41, 5.74) is 1.04. The largest absolute Gasteiger partial charge is 0.338 e. The minimum atomic E-state index is -0.577. The molecule has 3 rings (SSSR count). The van der Waals surface area contributed by atoms with Crippen LogP contribution in [0.1, 0.15) is 27.8 Å². The van der Waals surface area contributed by atoms with Crippen molar-refractivity contribution in [3.8, 4) is 0 Å². The monoisotopic (exact) mass is 343 g/mol. The fraction of sp³-hybridized carbons (Fsp3) is 0.111. The zero-order chi connectivity index (χ0) is 17.1. The molecule has 0 spiro atoms. The van der Waals surface area contributed by atoms with Crippen LogP contribution < -0.4 is 5.32 Å². The number of rotatable bonds is 4. The summed E-state index contributed by atoms with van der Waals surface area (Å²) in [6, 6.07) is 12.2.